The normalized spacial score (nSPS) is 26.7. The predicted octanol–water partition coefficient (Wildman–Crippen LogP) is -0.478. The molecule has 6 amide bonds. The van der Waals surface area contributed by atoms with Crippen LogP contribution in [0.1, 0.15) is 181 Å². The number of likely N-dealkylation sites (tertiary alicyclic amines) is 2. The summed E-state index contributed by atoms with van der Waals surface area (Å²) in [5, 5.41) is 91.2. The molecule has 0 saturated carbocycles. The maximum atomic E-state index is 13.6. The zero-order valence-electron chi connectivity index (χ0n) is 58.4. The van der Waals surface area contributed by atoms with E-state index >= 15 is 0 Å². The molecular formula is C64H115N7O27P2S. The van der Waals surface area contributed by atoms with Crippen molar-refractivity contribution in [3.05, 3.63) is 0 Å². The molecule has 16 N–H and O–H groups in total. The first-order valence-corrected chi connectivity index (χ1v) is 39.7. The smallest absolute Gasteiger partial charge is 0.394 e. The summed E-state index contributed by atoms with van der Waals surface area (Å²) in [6.45, 7) is -2.70. The number of carbonyl (C=O) groups excluding carboxylic acids is 8. The van der Waals surface area contributed by atoms with E-state index in [-0.39, 0.29) is 120 Å². The molecule has 4 fully saturated rings. The van der Waals surface area contributed by atoms with Gasteiger partial charge < -0.3 is 115 Å². The number of nitrogens with two attached hydrogens (primary N) is 1. The van der Waals surface area contributed by atoms with Crippen LogP contribution in [0, 0.1) is 5.92 Å². The zero-order valence-corrected chi connectivity index (χ0v) is 61.0. The summed E-state index contributed by atoms with van der Waals surface area (Å²) in [5.74, 6) is -2.82. The second-order valence-electron chi connectivity index (χ2n) is 26.3. The first-order chi connectivity index (χ1) is 48.1. The van der Waals surface area contributed by atoms with Crippen LogP contribution < -0.4 is 27.0 Å². The molecule has 34 nitrogen and oxygen atoms in total. The number of nitrogens with one attached hydrogen (secondary N) is 4. The number of Topliss-reactive ketones (excluding diaryl/α,β-unsaturated/α-hetero) is 2. The Kier molecular flexibility index (Phi) is 43.0. The van der Waals surface area contributed by atoms with Crippen LogP contribution in [0.25, 0.3) is 0 Å². The summed E-state index contributed by atoms with van der Waals surface area (Å²) >= 11 is 4.99. The third kappa shape index (κ3) is 34.2. The van der Waals surface area contributed by atoms with Crippen LogP contribution in [-0.2, 0) is 91.8 Å². The quantitative estimate of drug-likeness (QED) is 0.0270. The van der Waals surface area contributed by atoms with Gasteiger partial charge in [0, 0.05) is 104 Å². The first kappa shape index (κ1) is 89.7. The van der Waals surface area contributed by atoms with Crippen LogP contribution in [0.15, 0.2) is 0 Å². The van der Waals surface area contributed by atoms with Crippen LogP contribution in [0.4, 0.5) is 0 Å². The number of hydrogen-bond donors (Lipinski definition) is 15. The number of aliphatic hydroxyl groups excluding tert-OH is 8. The van der Waals surface area contributed by atoms with E-state index in [9.17, 15) is 88.5 Å². The van der Waals surface area contributed by atoms with Crippen LogP contribution in [0.2, 0.25) is 0 Å². The highest BCUT2D eigenvalue weighted by atomic mass is 32.5. The minimum absolute atomic E-state index is 0.00666. The van der Waals surface area contributed by atoms with E-state index in [1.807, 2.05) is 0 Å². The molecule has 0 aliphatic carbocycles. The number of aliphatic hydroxyl groups is 8. The monoisotopic (exact) mass is 1510 g/mol. The number of ether oxygens (including phenoxy) is 4. The summed E-state index contributed by atoms with van der Waals surface area (Å²) in [4.78, 5) is 127. The van der Waals surface area contributed by atoms with Gasteiger partial charge in [0.05, 0.1) is 63.9 Å². The van der Waals surface area contributed by atoms with Gasteiger partial charge in [-0.1, -0.05) is 32.1 Å². The molecule has 4 saturated heterocycles. The van der Waals surface area contributed by atoms with Gasteiger partial charge in [-0.3, -0.25) is 47.4 Å². The topological polar surface area (TPSA) is 510 Å². The largest absolute Gasteiger partial charge is 0.472 e. The van der Waals surface area contributed by atoms with Crippen molar-refractivity contribution in [3.63, 3.8) is 0 Å². The van der Waals surface area contributed by atoms with Gasteiger partial charge in [-0.2, -0.15) is 0 Å². The first-order valence-electron chi connectivity index (χ1n) is 35.6. The molecule has 9 unspecified atom stereocenters. The summed E-state index contributed by atoms with van der Waals surface area (Å²) in [5.41, 5.74) is 5.59. The number of rotatable bonds is 53. The minimum atomic E-state index is -4.78. The number of amides is 6. The Morgan fingerprint density at radius 1 is 0.564 bits per heavy atom. The number of β-amino-alcohol motifs (C(OH)–C–C–N with tert-alkyl or cyclic N) is 1. The van der Waals surface area contributed by atoms with Crippen molar-refractivity contribution >= 4 is 73.4 Å². The molecule has 37 heteroatoms. The molecule has 17 atom stereocenters. The molecule has 4 rings (SSSR count). The zero-order chi connectivity index (χ0) is 74.5. The molecule has 0 aromatic carbocycles. The lowest BCUT2D eigenvalue weighted by Crippen LogP contribution is -2.64. The molecule has 0 bridgehead atoms. The molecular weight excluding hydrogens is 1390 g/mol. The summed E-state index contributed by atoms with van der Waals surface area (Å²) < 4.78 is 57.3. The van der Waals surface area contributed by atoms with E-state index in [1.165, 1.54) is 23.6 Å². The van der Waals surface area contributed by atoms with Gasteiger partial charge >= 0.3 is 14.5 Å². The number of phosphoric ester groups is 1. The fourth-order valence-electron chi connectivity index (χ4n) is 12.5. The third-order valence-electron chi connectivity index (χ3n) is 17.9. The number of unbranched alkanes of at least 4 members (excludes halogenated alkanes) is 10. The number of hydrogen-bond acceptors (Lipinski definition) is 27. The van der Waals surface area contributed by atoms with Crippen LogP contribution in [0.5, 0.6) is 0 Å². The van der Waals surface area contributed by atoms with Gasteiger partial charge in [-0.15, -0.1) is 0 Å². The van der Waals surface area contributed by atoms with Crippen molar-refractivity contribution in [2.75, 3.05) is 85.6 Å². The van der Waals surface area contributed by atoms with Crippen molar-refractivity contribution in [1.29, 1.82) is 0 Å². The SMILES string of the molecule is CC(=O)NC1[C@H](OCCCCC(=O)NCCCC[C@H](CC(=O)CCCCOC2OC(CO)[C@H](O)[C@H](O)[C@@H]2NC(C)=O)C(=O)NCCCCCC(=O)CCCCCCC(=O)N2C[C@H](O)CC2COP(=O)(O)O[C@@H]2CC(COP(O)(=S)OCCO)N(C(=O)CCCCCN)C2)OC(CO)C(O)[C@H]1O. The van der Waals surface area contributed by atoms with Gasteiger partial charge in [-0.25, -0.2) is 4.57 Å². The average Bonchev–Trinajstić information content (AvgIpc) is 1.30. The van der Waals surface area contributed by atoms with E-state index in [2.05, 4.69) is 21.3 Å². The number of phosphoric acid groups is 1. The van der Waals surface area contributed by atoms with Crippen molar-refractivity contribution in [2.24, 2.45) is 11.7 Å². The van der Waals surface area contributed by atoms with E-state index in [0.717, 1.165) is 12.8 Å². The van der Waals surface area contributed by atoms with E-state index in [1.54, 1.807) is 0 Å². The second kappa shape index (κ2) is 48.5. The second-order valence-corrected chi connectivity index (χ2v) is 30.5. The van der Waals surface area contributed by atoms with Gasteiger partial charge in [0.15, 0.2) is 12.6 Å². The highest BCUT2D eigenvalue weighted by Gasteiger charge is 2.47. The molecule has 4 aliphatic rings. The van der Waals surface area contributed by atoms with Gasteiger partial charge in [-0.05, 0) is 108 Å². The Labute approximate surface area is 596 Å². The number of nitrogens with zero attached hydrogens (tertiary/aromatic N) is 2. The Morgan fingerprint density at radius 2 is 1.05 bits per heavy atom. The molecule has 0 aromatic rings. The minimum Gasteiger partial charge on any atom is -0.394 e. The molecule has 0 radical (unpaired) electrons. The summed E-state index contributed by atoms with van der Waals surface area (Å²) in [6, 6.07) is -3.63. The molecule has 584 valence electrons. The summed E-state index contributed by atoms with van der Waals surface area (Å²) in [6.07, 6.45) is -1.76. The number of ketones is 2. The average molecular weight is 1510 g/mol. The summed E-state index contributed by atoms with van der Waals surface area (Å²) in [7, 11) is -4.78. The third-order valence-corrected chi connectivity index (χ3v) is 20.5. The van der Waals surface area contributed by atoms with Gasteiger partial charge in [0.2, 0.25) is 35.4 Å². The van der Waals surface area contributed by atoms with Crippen LogP contribution >= 0.6 is 14.5 Å². The Hall–Kier alpha value is -3.72. The van der Waals surface area contributed by atoms with E-state index in [4.69, 9.17) is 59.7 Å². The highest BCUT2D eigenvalue weighted by molar-refractivity contribution is 8.07. The van der Waals surface area contributed by atoms with Gasteiger partial charge in [0.25, 0.3) is 0 Å². The standard InChI is InChI=1S/C64H115N7O27P2S/c1-42(75)68-56-60(85)58(83)51(38-73)96-63(56)91-30-17-12-22-48(78)33-44(19-11-16-27-66-53(80)23-13-18-31-92-64-57(69-43(2)76)61(86)59(84)52(39-74)97-64)62(87)67-28-15-6-8-21-47(77)20-7-3-4-9-24-54(81)70-36-49(79)34-45(70)40-94-99(88,89)98-50-35-46(41-95-100(90,101)93-32-29-72)71(37-50)55(82)25-10-5-14-26-65/h44-46,49-52,56-61,63-64,72-74,79,83-86H,3-41,65H2,1-2H3,(H,66,80)(H,67,87)(H,68,75)(H,69,76)(H,88,89)(H,90,101)/t44-,45?,46?,49-,50-,51?,52?,56+,57?,58+,59?,60-,61+,63?,64-,100?/m1/s1. The lowest BCUT2D eigenvalue weighted by Gasteiger charge is -2.42. The maximum absolute atomic E-state index is 13.6. The molecule has 0 spiro atoms. The van der Waals surface area contributed by atoms with Crippen molar-refractivity contribution in [3.8, 4) is 0 Å². The molecule has 101 heavy (non-hydrogen) atoms. The van der Waals surface area contributed by atoms with Gasteiger partial charge in [0.1, 0.15) is 60.3 Å². The Morgan fingerprint density at radius 3 is 1.60 bits per heavy atom. The van der Waals surface area contributed by atoms with Crippen molar-refractivity contribution < 1.29 is 131 Å². The van der Waals surface area contributed by atoms with Crippen LogP contribution in [0.3, 0.4) is 0 Å². The Balaban J connectivity index is 1.15. The lowest BCUT2D eigenvalue weighted by atomic mass is 9.93. The molecule has 4 heterocycles. The van der Waals surface area contributed by atoms with Crippen LogP contribution in [-0.4, -0.2) is 279 Å². The highest BCUT2D eigenvalue weighted by Crippen LogP contribution is 2.48. The fourth-order valence-corrected chi connectivity index (χ4v) is 14.6. The van der Waals surface area contributed by atoms with Crippen molar-refractivity contribution in [2.45, 2.75) is 266 Å². The fraction of sp³-hybridized carbons (Fsp3) is 0.875. The lowest BCUT2D eigenvalue weighted by molar-refractivity contribution is -0.270. The Bertz CT molecular complexity index is 2610. The van der Waals surface area contributed by atoms with E-state index < -0.39 is 144 Å². The molecule has 4 aliphatic heterocycles. The maximum Gasteiger partial charge on any atom is 0.472 e. The predicted molar refractivity (Wildman–Crippen MR) is 364 cm³/mol. The van der Waals surface area contributed by atoms with E-state index in [0.29, 0.717) is 129 Å². The number of carbonyl (C=O) groups is 8. The van der Waals surface area contributed by atoms with Crippen molar-refractivity contribution in [1.82, 2.24) is 31.1 Å². The molecule has 0 aromatic heterocycles.